The fourth-order valence-electron chi connectivity index (χ4n) is 7.40. The third-order valence-electron chi connectivity index (χ3n) is 10.4. The molecule has 4 N–H and O–H groups in total. The molecular formula is C44H43Cl2N9S3. The molecule has 2 aliphatic heterocycles. The van der Waals surface area contributed by atoms with Crippen molar-refractivity contribution < 1.29 is 0 Å². The Balaban J connectivity index is 0.000000177. The molecule has 2 fully saturated rings. The number of rotatable bonds is 7. The predicted octanol–water partition coefficient (Wildman–Crippen LogP) is 10.3. The highest BCUT2D eigenvalue weighted by Gasteiger charge is 2.23. The maximum Gasteiger partial charge on any atom is 0.171 e. The van der Waals surface area contributed by atoms with Crippen LogP contribution in [0.15, 0.2) is 114 Å². The molecule has 8 rings (SSSR count). The van der Waals surface area contributed by atoms with Crippen LogP contribution in [0.25, 0.3) is 21.8 Å². The second-order valence-corrected chi connectivity index (χ2v) is 16.5. The lowest BCUT2D eigenvalue weighted by Crippen LogP contribution is -2.46. The van der Waals surface area contributed by atoms with Gasteiger partial charge in [-0.25, -0.2) is 0 Å². The fourth-order valence-corrected chi connectivity index (χ4v) is 8.97. The minimum absolute atomic E-state index is 0.321. The zero-order valence-corrected chi connectivity index (χ0v) is 35.9. The van der Waals surface area contributed by atoms with Gasteiger partial charge in [0.15, 0.2) is 10.2 Å². The van der Waals surface area contributed by atoms with Crippen LogP contribution in [0.2, 0.25) is 10.0 Å². The van der Waals surface area contributed by atoms with E-state index in [0.717, 1.165) is 85.0 Å². The normalized spacial score (nSPS) is 14.6. The first-order valence-electron chi connectivity index (χ1n) is 19.1. The molecule has 4 heterocycles. The van der Waals surface area contributed by atoms with Gasteiger partial charge in [0.25, 0.3) is 0 Å². The number of nitriles is 1. The van der Waals surface area contributed by atoms with Gasteiger partial charge < -0.3 is 31.1 Å². The van der Waals surface area contributed by atoms with Crippen LogP contribution in [0, 0.1) is 11.3 Å². The van der Waals surface area contributed by atoms with Crippen molar-refractivity contribution in [2.45, 2.75) is 42.7 Å². The Labute approximate surface area is 364 Å². The van der Waals surface area contributed by atoms with E-state index in [1.165, 1.54) is 16.3 Å². The van der Waals surface area contributed by atoms with Crippen molar-refractivity contribution in [1.29, 1.82) is 5.26 Å². The Bertz CT molecular complexity index is 2430. The molecule has 0 spiro atoms. The molecule has 296 valence electrons. The SMILES string of the molecule is CSc1ccccc1NC(=S)NC1CCN(c2ccnc3c(Cl)cccc23)CC1.N#Cc1ccc(NC(=S)NC2CCN(c3ccnc4c(Cl)cccc34)CC2)cc1. The van der Waals surface area contributed by atoms with Crippen molar-refractivity contribution in [3.63, 3.8) is 0 Å². The summed E-state index contributed by atoms with van der Waals surface area (Å²) in [7, 11) is 0. The highest BCUT2D eigenvalue weighted by atomic mass is 35.5. The molecule has 0 unspecified atom stereocenters. The van der Waals surface area contributed by atoms with E-state index in [0.29, 0.717) is 37.9 Å². The summed E-state index contributed by atoms with van der Waals surface area (Å²) in [6.45, 7) is 3.80. The molecule has 58 heavy (non-hydrogen) atoms. The molecule has 2 saturated heterocycles. The van der Waals surface area contributed by atoms with Crippen molar-refractivity contribution in [2.75, 3.05) is 52.9 Å². The van der Waals surface area contributed by atoms with Crippen LogP contribution in [0.4, 0.5) is 22.7 Å². The number of para-hydroxylation sites is 3. The number of aromatic nitrogens is 2. The van der Waals surface area contributed by atoms with Gasteiger partial charge in [0, 0.05) is 83.4 Å². The molecule has 6 aromatic rings. The van der Waals surface area contributed by atoms with E-state index in [1.54, 1.807) is 23.9 Å². The van der Waals surface area contributed by atoms with Gasteiger partial charge in [-0.15, -0.1) is 11.8 Å². The smallest absolute Gasteiger partial charge is 0.171 e. The molecule has 14 heteroatoms. The lowest BCUT2D eigenvalue weighted by molar-refractivity contribution is 0.468. The quantitative estimate of drug-likeness (QED) is 0.0908. The first-order chi connectivity index (χ1) is 28.3. The van der Waals surface area contributed by atoms with E-state index < -0.39 is 0 Å². The molecule has 2 aromatic heterocycles. The topological polar surface area (TPSA) is 104 Å². The van der Waals surface area contributed by atoms with Crippen LogP contribution in [-0.4, -0.2) is 64.7 Å². The van der Waals surface area contributed by atoms with Crippen LogP contribution >= 0.6 is 59.4 Å². The summed E-state index contributed by atoms with van der Waals surface area (Å²) in [6.07, 6.45) is 9.76. The molecule has 0 aliphatic carbocycles. The molecule has 0 saturated carbocycles. The molecule has 0 radical (unpaired) electrons. The Morgan fingerprint density at radius 3 is 1.67 bits per heavy atom. The highest BCUT2D eigenvalue weighted by molar-refractivity contribution is 7.98. The van der Waals surface area contributed by atoms with Crippen molar-refractivity contribution in [3.8, 4) is 6.07 Å². The van der Waals surface area contributed by atoms with Crippen LogP contribution in [0.3, 0.4) is 0 Å². The van der Waals surface area contributed by atoms with Gasteiger partial charge in [-0.3, -0.25) is 9.97 Å². The van der Waals surface area contributed by atoms with E-state index in [9.17, 15) is 0 Å². The van der Waals surface area contributed by atoms with Crippen LogP contribution < -0.4 is 31.1 Å². The first-order valence-corrected chi connectivity index (χ1v) is 21.9. The Morgan fingerprint density at radius 1 is 0.672 bits per heavy atom. The van der Waals surface area contributed by atoms with Crippen molar-refractivity contribution in [2.24, 2.45) is 0 Å². The van der Waals surface area contributed by atoms with Crippen molar-refractivity contribution in [1.82, 2.24) is 20.6 Å². The number of anilines is 4. The van der Waals surface area contributed by atoms with E-state index in [2.05, 4.69) is 89.8 Å². The van der Waals surface area contributed by atoms with E-state index in [-0.39, 0.29) is 0 Å². The van der Waals surface area contributed by atoms with Gasteiger partial charge >= 0.3 is 0 Å². The largest absolute Gasteiger partial charge is 0.371 e. The summed E-state index contributed by atoms with van der Waals surface area (Å²) >= 11 is 25.4. The van der Waals surface area contributed by atoms with Gasteiger partial charge in [-0.05, 0) is 117 Å². The third kappa shape index (κ3) is 10.2. The standard InChI is InChI=1S/C22H20ClN5S.C22H23ClN4S2/c23-19-3-1-2-18-20(8-11-25-21(18)19)28-12-9-17(10-13-28)27-22(29)26-16-6-4-15(14-24)5-7-16;1-29-20-8-3-2-7-18(20)26-22(28)25-15-10-13-27(14-11-15)19-9-12-24-21-16(19)5-4-6-17(21)23/h1-8,11,17H,9-10,12-13H2,(H2,26,27,29);2-9,12,15H,10-11,13-14H2,1H3,(H2,25,26,28). The van der Waals surface area contributed by atoms with Crippen LogP contribution in [0.5, 0.6) is 0 Å². The molecule has 2 aliphatic rings. The summed E-state index contributed by atoms with van der Waals surface area (Å²) in [4.78, 5) is 14.9. The van der Waals surface area contributed by atoms with Crippen molar-refractivity contribution in [3.05, 3.63) is 125 Å². The van der Waals surface area contributed by atoms with Crippen molar-refractivity contribution >= 4 is 114 Å². The zero-order chi connectivity index (χ0) is 40.4. The average molecular weight is 865 g/mol. The fraction of sp³-hybridized carbons (Fsp3) is 0.250. The second kappa shape index (κ2) is 19.7. The Kier molecular flexibility index (Phi) is 14.0. The number of pyridine rings is 2. The number of piperidine rings is 2. The first kappa shape index (κ1) is 41.3. The van der Waals surface area contributed by atoms with Gasteiger partial charge in [-0.2, -0.15) is 5.26 Å². The number of hydrogen-bond acceptors (Lipinski definition) is 8. The second-order valence-electron chi connectivity index (χ2n) is 14.0. The Hall–Kier alpha value is -4.90. The van der Waals surface area contributed by atoms with E-state index >= 15 is 0 Å². The van der Waals surface area contributed by atoms with Gasteiger partial charge in [0.1, 0.15) is 0 Å². The molecule has 0 atom stereocenters. The summed E-state index contributed by atoms with van der Waals surface area (Å²) in [5, 5.41) is 27.2. The average Bonchev–Trinajstić information content (AvgIpc) is 3.25. The number of hydrogen-bond donors (Lipinski definition) is 4. The van der Waals surface area contributed by atoms with Crippen LogP contribution in [-0.2, 0) is 0 Å². The van der Waals surface area contributed by atoms with Gasteiger partial charge in [0.2, 0.25) is 0 Å². The number of nitrogens with one attached hydrogen (secondary N) is 4. The summed E-state index contributed by atoms with van der Waals surface area (Å²) < 4.78 is 0. The summed E-state index contributed by atoms with van der Waals surface area (Å²) in [6, 6.07) is 34.3. The number of thioether (sulfide) groups is 1. The third-order valence-corrected chi connectivity index (χ3v) is 12.2. The van der Waals surface area contributed by atoms with Crippen LogP contribution in [0.1, 0.15) is 31.2 Å². The molecule has 0 bridgehead atoms. The number of fused-ring (bicyclic) bond motifs is 2. The number of nitrogens with zero attached hydrogens (tertiary/aromatic N) is 5. The molecular weight excluding hydrogens is 822 g/mol. The number of benzene rings is 4. The highest BCUT2D eigenvalue weighted by Crippen LogP contribution is 2.33. The molecule has 0 amide bonds. The van der Waals surface area contributed by atoms with E-state index in [1.807, 2.05) is 60.9 Å². The zero-order valence-electron chi connectivity index (χ0n) is 31.9. The monoisotopic (exact) mass is 863 g/mol. The minimum Gasteiger partial charge on any atom is -0.371 e. The van der Waals surface area contributed by atoms with Gasteiger partial charge in [-0.1, -0.05) is 59.6 Å². The summed E-state index contributed by atoms with van der Waals surface area (Å²) in [5.41, 5.74) is 6.64. The summed E-state index contributed by atoms with van der Waals surface area (Å²) in [5.74, 6) is 0. The van der Waals surface area contributed by atoms with Gasteiger partial charge in [0.05, 0.1) is 38.4 Å². The lowest BCUT2D eigenvalue weighted by atomic mass is 10.0. The maximum atomic E-state index is 8.88. The Morgan fingerprint density at radius 2 is 1.17 bits per heavy atom. The maximum absolute atomic E-state index is 8.88. The van der Waals surface area contributed by atoms with E-state index in [4.69, 9.17) is 52.9 Å². The number of halogens is 2. The molecule has 4 aromatic carbocycles. The molecule has 9 nitrogen and oxygen atoms in total. The lowest BCUT2D eigenvalue weighted by Gasteiger charge is -2.35. The minimum atomic E-state index is 0.321. The number of thiocarbonyl (C=S) groups is 2. The predicted molar refractivity (Wildman–Crippen MR) is 252 cm³/mol.